The summed E-state index contributed by atoms with van der Waals surface area (Å²) >= 11 is -2.96. The summed E-state index contributed by atoms with van der Waals surface area (Å²) in [4.78, 5) is 32.5. The Morgan fingerprint density at radius 1 is 1.18 bits per heavy atom. The fourth-order valence-corrected chi connectivity index (χ4v) is 11.9. The second-order valence-corrected chi connectivity index (χ2v) is 27.7. The van der Waals surface area contributed by atoms with Crippen LogP contribution in [0.5, 0.6) is 0 Å². The molecule has 3 aliphatic rings. The molecule has 3 aliphatic heterocycles. The minimum atomic E-state index is -3.97. The van der Waals surface area contributed by atoms with Crippen molar-refractivity contribution in [3.8, 4) is 0 Å². The monoisotopic (exact) mass is 599 g/mol. The molecule has 0 saturated carbocycles. The summed E-state index contributed by atoms with van der Waals surface area (Å²) in [7, 11) is -3.97. The summed E-state index contributed by atoms with van der Waals surface area (Å²) in [6.45, 7) is 5.03. The number of allylic oxidation sites excluding steroid dienone is 2. The molecule has 0 aliphatic carbocycles. The first-order valence-electron chi connectivity index (χ1n) is 11.2. The topological polar surface area (TPSA) is 101 Å². The molecule has 0 radical (unpaired) electrons. The van der Waals surface area contributed by atoms with Gasteiger partial charge >= 0.3 is 204 Å². The Balaban J connectivity index is 2.06. The number of Topliss-reactive ketones (excluding diaryl/α,β-unsaturated/α-hetero) is 1. The van der Waals surface area contributed by atoms with Gasteiger partial charge in [-0.05, 0) is 0 Å². The van der Waals surface area contributed by atoms with Crippen LogP contribution >= 0.6 is 0 Å². The van der Waals surface area contributed by atoms with E-state index in [0.29, 0.717) is 9.14 Å². The standard InChI is InChI=1S/C21H21FNO6S.3CH3.Sn/c1-21(2,3)16-8-13-19(30(16,27)28)17(11-4-6-12(22)7-5-11)18-14(23(13)20(25)26)9-29-10-15(18)24;;;;/h4-6,16-17H,8-10H2,1-3H3,(H,25,26);3*1H3;. The summed E-state index contributed by atoms with van der Waals surface area (Å²) in [5, 5.41) is 9.22. The van der Waals surface area contributed by atoms with Gasteiger partial charge in [0.25, 0.3) is 0 Å². The number of carbonyl (C=O) groups is 2. The van der Waals surface area contributed by atoms with Crippen molar-refractivity contribution in [1.82, 2.24) is 4.90 Å². The van der Waals surface area contributed by atoms with Crippen molar-refractivity contribution >= 4 is 43.7 Å². The summed E-state index contributed by atoms with van der Waals surface area (Å²) in [6, 6.07) is 4.56. The maximum atomic E-state index is 14.8. The van der Waals surface area contributed by atoms with Crippen LogP contribution in [0.3, 0.4) is 0 Å². The van der Waals surface area contributed by atoms with Gasteiger partial charge < -0.3 is 0 Å². The van der Waals surface area contributed by atoms with Crippen LogP contribution < -0.4 is 3.58 Å². The van der Waals surface area contributed by atoms with E-state index in [1.54, 1.807) is 26.8 Å². The van der Waals surface area contributed by atoms with E-state index in [4.69, 9.17) is 4.74 Å². The van der Waals surface area contributed by atoms with E-state index in [2.05, 4.69) is 14.8 Å². The third-order valence-electron chi connectivity index (χ3n) is 6.81. The molecule has 7 nitrogen and oxygen atoms in total. The number of hydrogen-bond donors (Lipinski definition) is 1. The minimum absolute atomic E-state index is 0.0154. The molecule has 0 bridgehead atoms. The first-order chi connectivity index (χ1) is 15.6. The Bertz CT molecular complexity index is 1270. The molecule has 1 aromatic carbocycles. The number of sulfone groups is 1. The average Bonchev–Trinajstić information content (AvgIpc) is 2.97. The molecule has 4 rings (SSSR count). The van der Waals surface area contributed by atoms with Gasteiger partial charge in [-0.15, -0.1) is 0 Å². The molecule has 1 amide bonds. The number of carbonyl (C=O) groups excluding carboxylic acids is 1. The zero-order valence-corrected chi connectivity index (χ0v) is 23.9. The fraction of sp³-hybridized carbons (Fsp3) is 0.500. The normalized spacial score (nSPS) is 24.9. The van der Waals surface area contributed by atoms with Crippen molar-refractivity contribution in [1.29, 1.82) is 0 Å². The molecule has 2 atom stereocenters. The maximum absolute atomic E-state index is 14.8. The van der Waals surface area contributed by atoms with E-state index in [1.807, 2.05) is 0 Å². The Morgan fingerprint density at radius 2 is 1.82 bits per heavy atom. The molecule has 0 aromatic heterocycles. The van der Waals surface area contributed by atoms with E-state index >= 15 is 0 Å². The molecule has 184 valence electrons. The number of halogens is 1. The van der Waals surface area contributed by atoms with Crippen molar-refractivity contribution in [2.75, 3.05) is 13.2 Å². The predicted octanol–water partition coefficient (Wildman–Crippen LogP) is 3.75. The summed E-state index contributed by atoms with van der Waals surface area (Å²) in [5.74, 6) is -1.77. The number of ketones is 1. The Labute approximate surface area is 203 Å². The summed E-state index contributed by atoms with van der Waals surface area (Å²) < 4.78 is 48.7. The summed E-state index contributed by atoms with van der Waals surface area (Å²) in [6.07, 6.45) is -1.34. The quantitative estimate of drug-likeness (QED) is 0.521. The van der Waals surface area contributed by atoms with Crippen molar-refractivity contribution < 1.29 is 32.2 Å². The number of rotatable bonds is 2. The van der Waals surface area contributed by atoms with E-state index < -0.39 is 56.7 Å². The fourth-order valence-electron chi connectivity index (χ4n) is 5.22. The van der Waals surface area contributed by atoms with Crippen LogP contribution in [-0.2, 0) is 19.4 Å². The van der Waals surface area contributed by atoms with Crippen molar-refractivity contribution in [2.45, 2.75) is 53.2 Å². The van der Waals surface area contributed by atoms with Crippen LogP contribution in [0.4, 0.5) is 9.18 Å². The van der Waals surface area contributed by atoms with Gasteiger partial charge in [0.2, 0.25) is 0 Å². The van der Waals surface area contributed by atoms with E-state index in [-0.39, 0.29) is 47.3 Å². The molecule has 0 saturated heterocycles. The molecule has 1 aromatic rings. The zero-order valence-electron chi connectivity index (χ0n) is 20.2. The van der Waals surface area contributed by atoms with Gasteiger partial charge in [-0.3, -0.25) is 0 Å². The predicted molar refractivity (Wildman–Crippen MR) is 129 cm³/mol. The first kappa shape index (κ1) is 25.4. The van der Waals surface area contributed by atoms with Gasteiger partial charge in [0.1, 0.15) is 0 Å². The number of nitrogens with zero attached hydrogens (tertiary/aromatic N) is 1. The van der Waals surface area contributed by atoms with Crippen LogP contribution in [-0.4, -0.2) is 67.1 Å². The van der Waals surface area contributed by atoms with Gasteiger partial charge in [-0.25, -0.2) is 0 Å². The SMILES string of the molecule is CC(C)(C)C1CC2=C(C(c3ccc(F)[c]([Sn]([CH3])([CH3])[CH3])c3)C3=C(COCC3=O)N2C(=O)O)S1(=O)=O. The van der Waals surface area contributed by atoms with Crippen LogP contribution in [0.2, 0.25) is 14.8 Å². The molecule has 1 N–H and O–H groups in total. The van der Waals surface area contributed by atoms with Gasteiger partial charge in [-0.2, -0.15) is 0 Å². The van der Waals surface area contributed by atoms with E-state index in [1.165, 1.54) is 12.1 Å². The summed E-state index contributed by atoms with van der Waals surface area (Å²) in [5.41, 5.74) is 0.275. The molecular weight excluding hydrogens is 568 g/mol. The Hall–Kier alpha value is -1.72. The third-order valence-corrected chi connectivity index (χ3v) is 15.2. The van der Waals surface area contributed by atoms with E-state index in [0.717, 1.165) is 4.90 Å². The van der Waals surface area contributed by atoms with Gasteiger partial charge in [0.15, 0.2) is 0 Å². The molecule has 0 spiro atoms. The van der Waals surface area contributed by atoms with Crippen LogP contribution in [0.25, 0.3) is 0 Å². The van der Waals surface area contributed by atoms with Gasteiger partial charge in [-0.1, -0.05) is 0 Å². The number of amides is 1. The number of benzene rings is 1. The number of ether oxygens (including phenoxy) is 1. The van der Waals surface area contributed by atoms with Gasteiger partial charge in [0.05, 0.1) is 0 Å². The molecule has 2 unspecified atom stereocenters. The van der Waals surface area contributed by atoms with E-state index in [9.17, 15) is 27.5 Å². The Morgan fingerprint density at radius 3 is 2.38 bits per heavy atom. The number of carboxylic acid groups (broad SMARTS) is 1. The molecule has 3 heterocycles. The molecule has 0 fully saturated rings. The molecular formula is C24H30FNO6SSn. The molecule has 10 heteroatoms. The zero-order chi connectivity index (χ0) is 25.4. The van der Waals surface area contributed by atoms with Crippen LogP contribution in [0.1, 0.15) is 38.7 Å². The Kier molecular flexibility index (Phi) is 6.09. The van der Waals surface area contributed by atoms with Crippen molar-refractivity contribution in [2.24, 2.45) is 5.41 Å². The number of hydrogen-bond acceptors (Lipinski definition) is 5. The van der Waals surface area contributed by atoms with Crippen LogP contribution in [0, 0.1) is 11.2 Å². The second-order valence-electron chi connectivity index (χ2n) is 11.2. The average molecular weight is 598 g/mol. The second kappa shape index (κ2) is 8.16. The third kappa shape index (κ3) is 3.93. The van der Waals surface area contributed by atoms with Crippen molar-refractivity contribution in [3.63, 3.8) is 0 Å². The van der Waals surface area contributed by atoms with Crippen molar-refractivity contribution in [3.05, 3.63) is 51.5 Å². The van der Waals surface area contributed by atoms with Gasteiger partial charge in [0, 0.05) is 0 Å². The first-order valence-corrected chi connectivity index (χ1v) is 22.7. The van der Waals surface area contributed by atoms with Crippen LogP contribution in [0.15, 0.2) is 40.1 Å². The molecule has 34 heavy (non-hydrogen) atoms.